The summed E-state index contributed by atoms with van der Waals surface area (Å²) in [6.45, 7) is 5.69. The van der Waals surface area contributed by atoms with Crippen LogP contribution in [0.2, 0.25) is 0 Å². The molecule has 2 heterocycles. The van der Waals surface area contributed by atoms with E-state index in [2.05, 4.69) is 5.10 Å². The van der Waals surface area contributed by atoms with Crippen molar-refractivity contribution in [3.8, 4) is 0 Å². The van der Waals surface area contributed by atoms with E-state index in [-0.39, 0.29) is 16.5 Å². The van der Waals surface area contributed by atoms with Crippen molar-refractivity contribution < 1.29 is 9.72 Å². The minimum Gasteiger partial charge on any atom is -0.351 e. The van der Waals surface area contributed by atoms with Crippen LogP contribution in [0.1, 0.15) is 31.9 Å². The Labute approximate surface area is 117 Å². The van der Waals surface area contributed by atoms with Gasteiger partial charge in [-0.1, -0.05) is 6.92 Å². The second kappa shape index (κ2) is 6.02. The number of rotatable bonds is 5. The molecule has 0 aliphatic carbocycles. The molecule has 0 amide bonds. The molecule has 1 aromatic heterocycles. The highest BCUT2D eigenvalue weighted by atomic mass is 16.6. The fourth-order valence-electron chi connectivity index (χ4n) is 2.70. The lowest BCUT2D eigenvalue weighted by Gasteiger charge is -2.30. The molecule has 0 saturated carbocycles. The molecule has 1 aromatic rings. The van der Waals surface area contributed by atoms with Crippen molar-refractivity contribution in [2.75, 3.05) is 18.0 Å². The van der Waals surface area contributed by atoms with E-state index in [4.69, 9.17) is 0 Å². The van der Waals surface area contributed by atoms with Gasteiger partial charge in [-0.2, -0.15) is 5.10 Å². The third kappa shape index (κ3) is 2.66. The van der Waals surface area contributed by atoms with Crippen LogP contribution >= 0.6 is 0 Å². The zero-order valence-electron chi connectivity index (χ0n) is 11.9. The Hall–Kier alpha value is -1.92. The first-order valence-corrected chi connectivity index (χ1v) is 7.00. The van der Waals surface area contributed by atoms with Gasteiger partial charge in [-0.05, 0) is 26.2 Å². The SMILES string of the molecule is CCCn1nc(C)c([N+](=O)[O-])c1N1CCC(C=O)CC1. The lowest BCUT2D eigenvalue weighted by atomic mass is 9.98. The third-order valence-electron chi connectivity index (χ3n) is 3.72. The molecule has 2 rings (SSSR count). The number of piperidine rings is 1. The molecule has 1 aliphatic heterocycles. The van der Waals surface area contributed by atoms with Gasteiger partial charge in [0.05, 0.1) is 4.92 Å². The molecular weight excluding hydrogens is 260 g/mol. The molecule has 20 heavy (non-hydrogen) atoms. The van der Waals surface area contributed by atoms with E-state index < -0.39 is 0 Å². The Bertz CT molecular complexity index is 504. The van der Waals surface area contributed by atoms with Crippen LogP contribution in [0, 0.1) is 23.0 Å². The van der Waals surface area contributed by atoms with Gasteiger partial charge in [0, 0.05) is 25.6 Å². The topological polar surface area (TPSA) is 81.3 Å². The predicted octanol–water partition coefficient (Wildman–Crippen LogP) is 1.93. The van der Waals surface area contributed by atoms with Crippen LogP contribution in [0.15, 0.2) is 0 Å². The minimum atomic E-state index is -0.352. The average Bonchev–Trinajstić information content (AvgIpc) is 2.76. The Balaban J connectivity index is 2.33. The Morgan fingerprint density at radius 2 is 2.10 bits per heavy atom. The molecule has 0 aromatic carbocycles. The molecule has 1 aliphatic rings. The first kappa shape index (κ1) is 14.5. The molecular formula is C13H20N4O3. The van der Waals surface area contributed by atoms with Crippen molar-refractivity contribution in [3.63, 3.8) is 0 Å². The highest BCUT2D eigenvalue weighted by molar-refractivity contribution is 5.62. The van der Waals surface area contributed by atoms with Crippen LogP contribution in [0.25, 0.3) is 0 Å². The highest BCUT2D eigenvalue weighted by Gasteiger charge is 2.31. The van der Waals surface area contributed by atoms with Gasteiger partial charge in [-0.15, -0.1) is 0 Å². The predicted molar refractivity (Wildman–Crippen MR) is 74.9 cm³/mol. The van der Waals surface area contributed by atoms with Crippen LogP contribution in [-0.4, -0.2) is 34.1 Å². The van der Waals surface area contributed by atoms with Gasteiger partial charge in [-0.25, -0.2) is 4.68 Å². The van der Waals surface area contributed by atoms with Gasteiger partial charge >= 0.3 is 5.69 Å². The molecule has 0 unspecified atom stereocenters. The van der Waals surface area contributed by atoms with Gasteiger partial charge in [0.2, 0.25) is 5.82 Å². The number of nitrogens with zero attached hydrogens (tertiary/aromatic N) is 4. The quantitative estimate of drug-likeness (QED) is 0.467. The van der Waals surface area contributed by atoms with E-state index in [1.165, 1.54) is 0 Å². The molecule has 0 radical (unpaired) electrons. The smallest absolute Gasteiger partial charge is 0.333 e. The number of aldehydes is 1. The van der Waals surface area contributed by atoms with Crippen molar-refractivity contribution in [1.29, 1.82) is 0 Å². The zero-order valence-corrected chi connectivity index (χ0v) is 11.9. The van der Waals surface area contributed by atoms with E-state index in [1.807, 2.05) is 11.8 Å². The second-order valence-electron chi connectivity index (χ2n) is 5.20. The van der Waals surface area contributed by atoms with Crippen molar-refractivity contribution in [2.24, 2.45) is 5.92 Å². The molecule has 7 heteroatoms. The van der Waals surface area contributed by atoms with Crippen LogP contribution in [0.3, 0.4) is 0 Å². The van der Waals surface area contributed by atoms with Crippen LogP contribution in [0.4, 0.5) is 11.5 Å². The molecule has 1 saturated heterocycles. The van der Waals surface area contributed by atoms with Crippen LogP contribution in [0.5, 0.6) is 0 Å². The molecule has 0 N–H and O–H groups in total. The lowest BCUT2D eigenvalue weighted by Crippen LogP contribution is -2.36. The fourth-order valence-corrected chi connectivity index (χ4v) is 2.70. The number of carbonyl (C=O) groups excluding carboxylic acids is 1. The maximum absolute atomic E-state index is 11.3. The number of nitro groups is 1. The van der Waals surface area contributed by atoms with E-state index in [0.29, 0.717) is 31.1 Å². The monoisotopic (exact) mass is 280 g/mol. The van der Waals surface area contributed by atoms with Crippen molar-refractivity contribution in [3.05, 3.63) is 15.8 Å². The van der Waals surface area contributed by atoms with Crippen molar-refractivity contribution in [2.45, 2.75) is 39.7 Å². The fraction of sp³-hybridized carbons (Fsp3) is 0.692. The zero-order chi connectivity index (χ0) is 14.7. The Morgan fingerprint density at radius 3 is 2.60 bits per heavy atom. The van der Waals surface area contributed by atoms with E-state index in [1.54, 1.807) is 11.6 Å². The second-order valence-corrected chi connectivity index (χ2v) is 5.20. The first-order chi connectivity index (χ1) is 9.58. The molecule has 0 spiro atoms. The third-order valence-corrected chi connectivity index (χ3v) is 3.72. The maximum atomic E-state index is 11.3. The van der Waals surface area contributed by atoms with Gasteiger partial charge in [0.1, 0.15) is 12.0 Å². The highest BCUT2D eigenvalue weighted by Crippen LogP contribution is 2.34. The number of hydrogen-bond acceptors (Lipinski definition) is 5. The Morgan fingerprint density at radius 1 is 1.45 bits per heavy atom. The lowest BCUT2D eigenvalue weighted by molar-refractivity contribution is -0.384. The number of hydrogen-bond donors (Lipinski definition) is 0. The van der Waals surface area contributed by atoms with Crippen LogP contribution in [-0.2, 0) is 11.3 Å². The summed E-state index contributed by atoms with van der Waals surface area (Å²) in [4.78, 5) is 23.7. The molecule has 0 bridgehead atoms. The molecule has 7 nitrogen and oxygen atoms in total. The summed E-state index contributed by atoms with van der Waals surface area (Å²) in [5.41, 5.74) is 0.555. The largest absolute Gasteiger partial charge is 0.351 e. The first-order valence-electron chi connectivity index (χ1n) is 7.00. The number of aromatic nitrogens is 2. The van der Waals surface area contributed by atoms with Crippen molar-refractivity contribution in [1.82, 2.24) is 9.78 Å². The minimum absolute atomic E-state index is 0.0777. The summed E-state index contributed by atoms with van der Waals surface area (Å²) < 4.78 is 1.73. The van der Waals surface area contributed by atoms with E-state index >= 15 is 0 Å². The van der Waals surface area contributed by atoms with Gasteiger partial charge in [-0.3, -0.25) is 10.1 Å². The Kier molecular flexibility index (Phi) is 4.36. The van der Waals surface area contributed by atoms with E-state index in [0.717, 1.165) is 25.5 Å². The van der Waals surface area contributed by atoms with Gasteiger partial charge in [0.15, 0.2) is 0 Å². The standard InChI is InChI=1S/C13H20N4O3/c1-3-6-16-13(12(17(19)20)10(2)14-16)15-7-4-11(9-18)5-8-15/h9,11H,3-8H2,1-2H3. The molecule has 0 atom stereocenters. The summed E-state index contributed by atoms with van der Waals surface area (Å²) >= 11 is 0. The van der Waals surface area contributed by atoms with Gasteiger partial charge in [0.25, 0.3) is 0 Å². The average molecular weight is 280 g/mol. The number of carbonyl (C=O) groups is 1. The summed E-state index contributed by atoms with van der Waals surface area (Å²) in [5.74, 6) is 0.674. The normalized spacial score (nSPS) is 16.4. The molecule has 110 valence electrons. The van der Waals surface area contributed by atoms with Crippen LogP contribution < -0.4 is 4.90 Å². The van der Waals surface area contributed by atoms with Gasteiger partial charge < -0.3 is 9.69 Å². The number of anilines is 1. The summed E-state index contributed by atoms with van der Waals surface area (Å²) in [6, 6.07) is 0. The maximum Gasteiger partial charge on any atom is 0.333 e. The van der Waals surface area contributed by atoms with E-state index in [9.17, 15) is 14.9 Å². The summed E-state index contributed by atoms with van der Waals surface area (Å²) in [7, 11) is 0. The van der Waals surface area contributed by atoms with Crippen molar-refractivity contribution >= 4 is 17.8 Å². The summed E-state index contributed by atoms with van der Waals surface area (Å²) in [6.07, 6.45) is 3.35. The number of aryl methyl sites for hydroxylation is 2. The summed E-state index contributed by atoms with van der Waals surface area (Å²) in [5, 5.41) is 15.6. The molecule has 1 fully saturated rings.